The molecule has 0 bridgehead atoms. The molecule has 0 aliphatic heterocycles. The van der Waals surface area contributed by atoms with Gasteiger partial charge in [0.1, 0.15) is 5.78 Å². The second-order valence-electron chi connectivity index (χ2n) is 4.61. The van der Waals surface area contributed by atoms with Crippen LogP contribution >= 0.6 is 0 Å². The van der Waals surface area contributed by atoms with Crippen LogP contribution in [0, 0.1) is 12.8 Å². The summed E-state index contributed by atoms with van der Waals surface area (Å²) in [4.78, 5) is 11.1. The van der Waals surface area contributed by atoms with Gasteiger partial charge in [-0.3, -0.25) is 0 Å². The van der Waals surface area contributed by atoms with Crippen molar-refractivity contribution in [3.05, 3.63) is 55.0 Å². The van der Waals surface area contributed by atoms with Crippen LogP contribution in [-0.2, 0) is 11.2 Å². The summed E-state index contributed by atoms with van der Waals surface area (Å²) < 4.78 is 0. The average molecular weight is 225 g/mol. The molecule has 1 unspecified atom stereocenters. The van der Waals surface area contributed by atoms with Gasteiger partial charge in [0.15, 0.2) is 0 Å². The van der Waals surface area contributed by atoms with Gasteiger partial charge in [0.2, 0.25) is 0 Å². The molecule has 0 aromatic heterocycles. The van der Waals surface area contributed by atoms with Crippen LogP contribution in [0.2, 0.25) is 0 Å². The van der Waals surface area contributed by atoms with E-state index in [1.54, 1.807) is 6.92 Å². The monoisotopic (exact) mass is 225 g/mol. The van der Waals surface area contributed by atoms with Crippen LogP contribution in [-0.4, -0.2) is 5.78 Å². The van der Waals surface area contributed by atoms with Gasteiger partial charge in [0.25, 0.3) is 0 Å². The van der Waals surface area contributed by atoms with E-state index in [9.17, 15) is 4.79 Å². The molecule has 0 saturated carbocycles. The van der Waals surface area contributed by atoms with Crippen molar-refractivity contribution in [1.82, 2.24) is 0 Å². The molecule has 0 heterocycles. The van der Waals surface area contributed by atoms with Crippen molar-refractivity contribution in [1.29, 1.82) is 0 Å². The highest BCUT2D eigenvalue weighted by Crippen LogP contribution is 2.22. The summed E-state index contributed by atoms with van der Waals surface area (Å²) in [5.41, 5.74) is 1.28. The fraction of sp³-hybridized carbons (Fsp3) is 0.250. The van der Waals surface area contributed by atoms with Crippen molar-refractivity contribution in [2.24, 2.45) is 5.92 Å². The molecule has 0 amide bonds. The Balaban J connectivity index is 2.26. The van der Waals surface area contributed by atoms with Crippen molar-refractivity contribution in [2.45, 2.75) is 19.8 Å². The number of hydrogen-bond donors (Lipinski definition) is 0. The second kappa shape index (κ2) is 5.13. The van der Waals surface area contributed by atoms with Crippen molar-refractivity contribution < 1.29 is 4.79 Å². The minimum Gasteiger partial charge on any atom is -0.300 e. The Kier molecular flexibility index (Phi) is 3.58. The quantitative estimate of drug-likeness (QED) is 0.773. The lowest BCUT2D eigenvalue weighted by Crippen LogP contribution is -2.05. The molecular formula is C16H17O. The largest absolute Gasteiger partial charge is 0.300 e. The van der Waals surface area contributed by atoms with Crippen LogP contribution in [0.15, 0.2) is 42.5 Å². The molecule has 17 heavy (non-hydrogen) atoms. The molecular weight excluding hydrogens is 208 g/mol. The topological polar surface area (TPSA) is 17.1 Å². The highest BCUT2D eigenvalue weighted by Gasteiger charge is 2.08. The second-order valence-corrected chi connectivity index (χ2v) is 4.61. The summed E-state index contributed by atoms with van der Waals surface area (Å²) in [5, 5.41) is 2.52. The molecule has 0 spiro atoms. The van der Waals surface area contributed by atoms with Crippen molar-refractivity contribution in [3.63, 3.8) is 0 Å². The standard InChI is InChI=1S/C16H17O/c1-12(10-13(2)17)11-15-8-5-7-14-6-3-4-9-16(14)15/h3-9,12H,1,10-11H2,2H3. The van der Waals surface area contributed by atoms with Gasteiger partial charge in [-0.05, 0) is 42.5 Å². The first-order valence-corrected chi connectivity index (χ1v) is 5.96. The van der Waals surface area contributed by atoms with E-state index in [1.807, 2.05) is 6.07 Å². The normalized spacial score (nSPS) is 12.6. The molecule has 2 aromatic rings. The van der Waals surface area contributed by atoms with Crippen LogP contribution in [0.25, 0.3) is 10.8 Å². The fourth-order valence-electron chi connectivity index (χ4n) is 2.26. The van der Waals surface area contributed by atoms with Crippen LogP contribution in [0.4, 0.5) is 0 Å². The Morgan fingerprint density at radius 1 is 1.18 bits per heavy atom. The smallest absolute Gasteiger partial charge is 0.130 e. The van der Waals surface area contributed by atoms with E-state index in [0.717, 1.165) is 6.42 Å². The lowest BCUT2D eigenvalue weighted by Gasteiger charge is -2.11. The zero-order chi connectivity index (χ0) is 12.3. The van der Waals surface area contributed by atoms with Crippen LogP contribution in [0.5, 0.6) is 0 Å². The van der Waals surface area contributed by atoms with Gasteiger partial charge in [-0.1, -0.05) is 42.5 Å². The molecule has 0 aliphatic rings. The Bertz CT molecular complexity index is 523. The summed E-state index contributed by atoms with van der Waals surface area (Å²) in [6, 6.07) is 14.6. The van der Waals surface area contributed by atoms with Gasteiger partial charge >= 0.3 is 0 Å². The number of hydrogen-bond acceptors (Lipinski definition) is 1. The Hall–Kier alpha value is -1.63. The average Bonchev–Trinajstić information content (AvgIpc) is 2.28. The minimum atomic E-state index is 0.165. The Morgan fingerprint density at radius 2 is 1.88 bits per heavy atom. The van der Waals surface area contributed by atoms with Crippen LogP contribution < -0.4 is 0 Å². The van der Waals surface area contributed by atoms with E-state index >= 15 is 0 Å². The van der Waals surface area contributed by atoms with E-state index in [0.29, 0.717) is 6.42 Å². The molecule has 0 N–H and O–H groups in total. The molecule has 2 rings (SSSR count). The third-order valence-corrected chi connectivity index (χ3v) is 2.96. The summed E-state index contributed by atoms with van der Waals surface area (Å²) >= 11 is 0. The zero-order valence-corrected chi connectivity index (χ0v) is 10.1. The predicted octanol–water partition coefficient (Wildman–Crippen LogP) is 3.81. The zero-order valence-electron chi connectivity index (χ0n) is 10.1. The lowest BCUT2D eigenvalue weighted by atomic mass is 9.93. The molecule has 0 aliphatic carbocycles. The number of fused-ring (bicyclic) bond motifs is 1. The lowest BCUT2D eigenvalue weighted by molar-refractivity contribution is -0.117. The SMILES string of the molecule is [CH2]C(CC(C)=O)Cc1cccc2ccccc12. The van der Waals surface area contributed by atoms with Gasteiger partial charge in [-0.25, -0.2) is 0 Å². The summed E-state index contributed by atoms with van der Waals surface area (Å²) in [6.45, 7) is 5.69. The summed E-state index contributed by atoms with van der Waals surface area (Å²) in [7, 11) is 0. The minimum absolute atomic E-state index is 0.165. The highest BCUT2D eigenvalue weighted by atomic mass is 16.1. The number of Topliss-reactive ketones (excluding diaryl/α,β-unsaturated/α-hetero) is 1. The van der Waals surface area contributed by atoms with Crippen LogP contribution in [0.1, 0.15) is 18.9 Å². The first kappa shape index (κ1) is 11.8. The van der Waals surface area contributed by atoms with E-state index < -0.39 is 0 Å². The molecule has 1 nitrogen and oxygen atoms in total. The summed E-state index contributed by atoms with van der Waals surface area (Å²) in [5.74, 6) is 0.378. The first-order chi connectivity index (χ1) is 8.16. The predicted molar refractivity (Wildman–Crippen MR) is 71.8 cm³/mol. The molecule has 1 radical (unpaired) electrons. The Morgan fingerprint density at radius 3 is 2.65 bits per heavy atom. The number of benzene rings is 2. The van der Waals surface area contributed by atoms with E-state index in [4.69, 9.17) is 0 Å². The molecule has 1 atom stereocenters. The maximum absolute atomic E-state index is 11.1. The maximum Gasteiger partial charge on any atom is 0.130 e. The van der Waals surface area contributed by atoms with E-state index in [-0.39, 0.29) is 11.7 Å². The number of ketones is 1. The Labute approximate surface area is 102 Å². The van der Waals surface area contributed by atoms with Crippen molar-refractivity contribution in [2.75, 3.05) is 0 Å². The molecule has 0 saturated heterocycles. The van der Waals surface area contributed by atoms with Crippen molar-refractivity contribution >= 4 is 16.6 Å². The van der Waals surface area contributed by atoms with Gasteiger partial charge in [-0.2, -0.15) is 0 Å². The van der Waals surface area contributed by atoms with Crippen molar-refractivity contribution in [3.8, 4) is 0 Å². The molecule has 0 fully saturated rings. The van der Waals surface area contributed by atoms with E-state index in [1.165, 1.54) is 16.3 Å². The number of carbonyl (C=O) groups excluding carboxylic acids is 1. The number of carbonyl (C=O) groups is 1. The third-order valence-electron chi connectivity index (χ3n) is 2.96. The third kappa shape index (κ3) is 2.94. The maximum atomic E-state index is 11.1. The van der Waals surface area contributed by atoms with Gasteiger partial charge < -0.3 is 4.79 Å². The van der Waals surface area contributed by atoms with Gasteiger partial charge in [0, 0.05) is 6.42 Å². The molecule has 87 valence electrons. The van der Waals surface area contributed by atoms with Crippen LogP contribution in [0.3, 0.4) is 0 Å². The number of rotatable bonds is 4. The van der Waals surface area contributed by atoms with E-state index in [2.05, 4.69) is 43.3 Å². The van der Waals surface area contributed by atoms with Gasteiger partial charge in [-0.15, -0.1) is 0 Å². The summed E-state index contributed by atoms with van der Waals surface area (Å²) in [6.07, 6.45) is 1.42. The highest BCUT2D eigenvalue weighted by molar-refractivity contribution is 5.85. The first-order valence-electron chi connectivity index (χ1n) is 5.96. The molecule has 1 heteroatoms. The van der Waals surface area contributed by atoms with Gasteiger partial charge in [0.05, 0.1) is 0 Å². The molecule has 2 aromatic carbocycles. The fourth-order valence-corrected chi connectivity index (χ4v) is 2.26.